The molecule has 1 atom stereocenters. The van der Waals surface area contributed by atoms with Gasteiger partial charge in [0.1, 0.15) is 0 Å². The van der Waals surface area contributed by atoms with Gasteiger partial charge in [0.2, 0.25) is 0 Å². The van der Waals surface area contributed by atoms with E-state index in [0.717, 1.165) is 30.9 Å². The van der Waals surface area contributed by atoms with Crippen molar-refractivity contribution < 1.29 is 4.79 Å². The van der Waals surface area contributed by atoms with Crippen LogP contribution < -0.4 is 5.32 Å². The molecule has 1 N–H and O–H groups in total. The Morgan fingerprint density at radius 1 is 1.41 bits per heavy atom. The second-order valence-corrected chi connectivity index (χ2v) is 6.05. The highest BCUT2D eigenvalue weighted by Gasteiger charge is 2.26. The molecule has 5 nitrogen and oxygen atoms in total. The first-order valence-electron chi connectivity index (χ1n) is 7.36. The third-order valence-electron chi connectivity index (χ3n) is 4.12. The van der Waals surface area contributed by atoms with E-state index < -0.39 is 0 Å². The van der Waals surface area contributed by atoms with E-state index >= 15 is 0 Å². The second-order valence-electron chi connectivity index (χ2n) is 5.61. The Kier molecular flexibility index (Phi) is 4.18. The number of carbonyl (C=O) groups is 1. The van der Waals surface area contributed by atoms with Gasteiger partial charge in [-0.3, -0.25) is 4.79 Å². The van der Waals surface area contributed by atoms with E-state index in [2.05, 4.69) is 10.4 Å². The molecule has 1 aromatic carbocycles. The number of likely N-dealkylation sites (N-methyl/N-ethyl adjacent to an activating group) is 1. The van der Waals surface area contributed by atoms with Gasteiger partial charge >= 0.3 is 0 Å². The molecule has 1 aliphatic heterocycles. The topological polar surface area (TPSA) is 50.2 Å². The predicted octanol–water partition coefficient (Wildman–Crippen LogP) is 2.27. The molecule has 3 rings (SSSR count). The van der Waals surface area contributed by atoms with Crippen LogP contribution in [0.2, 0.25) is 5.02 Å². The van der Waals surface area contributed by atoms with Gasteiger partial charge in [-0.15, -0.1) is 0 Å². The van der Waals surface area contributed by atoms with Crippen LogP contribution in [-0.4, -0.2) is 46.8 Å². The van der Waals surface area contributed by atoms with Crippen LogP contribution in [0.1, 0.15) is 22.5 Å². The second kappa shape index (κ2) is 6.10. The molecule has 0 unspecified atom stereocenters. The predicted molar refractivity (Wildman–Crippen MR) is 86.7 cm³/mol. The van der Waals surface area contributed by atoms with Gasteiger partial charge < -0.3 is 10.2 Å². The maximum atomic E-state index is 12.7. The molecule has 1 amide bonds. The molecule has 2 aromatic rings. The maximum absolute atomic E-state index is 12.7. The summed E-state index contributed by atoms with van der Waals surface area (Å²) in [6.45, 7) is 3.68. The molecule has 1 saturated heterocycles. The zero-order chi connectivity index (χ0) is 15.7. The van der Waals surface area contributed by atoms with E-state index in [1.54, 1.807) is 10.9 Å². The Labute approximate surface area is 134 Å². The van der Waals surface area contributed by atoms with Crippen LogP contribution in [0.4, 0.5) is 0 Å². The molecular weight excluding hydrogens is 300 g/mol. The molecule has 6 heteroatoms. The van der Waals surface area contributed by atoms with Gasteiger partial charge in [0, 0.05) is 30.9 Å². The summed E-state index contributed by atoms with van der Waals surface area (Å²) >= 11 is 5.90. The van der Waals surface area contributed by atoms with Gasteiger partial charge in [-0.2, -0.15) is 5.10 Å². The monoisotopic (exact) mass is 318 g/mol. The molecule has 2 heterocycles. The molecule has 0 saturated carbocycles. The summed E-state index contributed by atoms with van der Waals surface area (Å²) in [4.78, 5) is 14.5. The van der Waals surface area contributed by atoms with Crippen LogP contribution in [0.5, 0.6) is 0 Å². The summed E-state index contributed by atoms with van der Waals surface area (Å²) in [5.74, 6) is 0.0198. The Balaban J connectivity index is 1.85. The van der Waals surface area contributed by atoms with Gasteiger partial charge in [0.25, 0.3) is 5.91 Å². The van der Waals surface area contributed by atoms with Crippen molar-refractivity contribution in [2.75, 3.05) is 20.1 Å². The summed E-state index contributed by atoms with van der Waals surface area (Å²) in [6.07, 6.45) is 2.78. The average Bonchev–Trinajstić information content (AvgIpc) is 3.16. The quantitative estimate of drug-likeness (QED) is 0.944. The lowest BCUT2D eigenvalue weighted by molar-refractivity contribution is 0.0743. The van der Waals surface area contributed by atoms with E-state index in [4.69, 9.17) is 11.6 Å². The number of rotatable bonds is 3. The highest BCUT2D eigenvalue weighted by atomic mass is 35.5. The molecule has 22 heavy (non-hydrogen) atoms. The first-order chi connectivity index (χ1) is 10.6. The minimum Gasteiger partial charge on any atom is -0.337 e. The fourth-order valence-electron chi connectivity index (χ4n) is 2.72. The fraction of sp³-hybridized carbons (Fsp3) is 0.375. The molecule has 0 radical (unpaired) electrons. The number of nitrogens with one attached hydrogen (secondary N) is 1. The number of hydrogen-bond acceptors (Lipinski definition) is 3. The van der Waals surface area contributed by atoms with E-state index in [9.17, 15) is 4.79 Å². The van der Waals surface area contributed by atoms with E-state index in [-0.39, 0.29) is 11.9 Å². The van der Waals surface area contributed by atoms with Gasteiger partial charge in [0.05, 0.1) is 16.9 Å². The van der Waals surface area contributed by atoms with Gasteiger partial charge in [0.15, 0.2) is 0 Å². The maximum Gasteiger partial charge on any atom is 0.257 e. The Hall–Kier alpha value is -1.85. The molecule has 0 aliphatic carbocycles. The van der Waals surface area contributed by atoms with Crippen molar-refractivity contribution in [3.8, 4) is 5.69 Å². The fourth-order valence-corrected chi connectivity index (χ4v) is 2.85. The van der Waals surface area contributed by atoms with Crippen molar-refractivity contribution in [1.29, 1.82) is 0 Å². The Bertz CT molecular complexity index is 674. The summed E-state index contributed by atoms with van der Waals surface area (Å²) in [7, 11) is 1.86. The standard InChI is InChI=1S/C16H19ClN4O/c1-11-15(16(22)20(2)14-7-8-18-9-14)10-21(19-11)13-5-3-12(17)4-6-13/h3-6,10,14,18H,7-9H2,1-2H3/t14-/m1/s1. The van der Waals surface area contributed by atoms with Crippen molar-refractivity contribution in [2.24, 2.45) is 0 Å². The normalized spacial score (nSPS) is 17.7. The zero-order valence-corrected chi connectivity index (χ0v) is 13.5. The molecule has 1 aliphatic rings. The number of aromatic nitrogens is 2. The van der Waals surface area contributed by atoms with Crippen molar-refractivity contribution in [1.82, 2.24) is 20.0 Å². The smallest absolute Gasteiger partial charge is 0.257 e. The third kappa shape index (κ3) is 2.87. The highest BCUT2D eigenvalue weighted by molar-refractivity contribution is 6.30. The number of halogens is 1. The lowest BCUT2D eigenvalue weighted by atomic mass is 10.2. The van der Waals surface area contributed by atoms with Crippen LogP contribution >= 0.6 is 11.6 Å². The number of nitrogens with zero attached hydrogens (tertiary/aromatic N) is 3. The SMILES string of the molecule is Cc1nn(-c2ccc(Cl)cc2)cc1C(=O)N(C)[C@@H]1CCNC1. The number of aryl methyl sites for hydroxylation is 1. The summed E-state index contributed by atoms with van der Waals surface area (Å²) in [6, 6.07) is 7.64. The third-order valence-corrected chi connectivity index (χ3v) is 4.37. The van der Waals surface area contributed by atoms with Crippen molar-refractivity contribution in [3.05, 3.63) is 46.7 Å². The summed E-state index contributed by atoms with van der Waals surface area (Å²) < 4.78 is 1.72. The first-order valence-corrected chi connectivity index (χ1v) is 7.74. The van der Waals surface area contributed by atoms with Crippen LogP contribution in [0.15, 0.2) is 30.5 Å². The summed E-state index contributed by atoms with van der Waals surface area (Å²) in [5, 5.41) is 8.41. The van der Waals surface area contributed by atoms with E-state index in [0.29, 0.717) is 10.6 Å². The summed E-state index contributed by atoms with van der Waals surface area (Å²) in [5.41, 5.74) is 2.26. The lowest BCUT2D eigenvalue weighted by Crippen LogP contribution is -2.38. The zero-order valence-electron chi connectivity index (χ0n) is 12.7. The van der Waals surface area contributed by atoms with Gasteiger partial charge in [-0.05, 0) is 44.2 Å². The van der Waals surface area contributed by atoms with Gasteiger partial charge in [-0.25, -0.2) is 4.68 Å². The highest BCUT2D eigenvalue weighted by Crippen LogP contribution is 2.18. The van der Waals surface area contributed by atoms with E-state index in [1.165, 1.54) is 0 Å². The molecule has 0 spiro atoms. The van der Waals surface area contributed by atoms with Crippen LogP contribution in [-0.2, 0) is 0 Å². The van der Waals surface area contributed by atoms with Crippen molar-refractivity contribution in [2.45, 2.75) is 19.4 Å². The molecule has 116 valence electrons. The minimum atomic E-state index is 0.0198. The minimum absolute atomic E-state index is 0.0198. The van der Waals surface area contributed by atoms with Crippen LogP contribution in [0.25, 0.3) is 5.69 Å². The van der Waals surface area contributed by atoms with Gasteiger partial charge in [-0.1, -0.05) is 11.6 Å². The number of benzene rings is 1. The molecular formula is C16H19ClN4O. The Morgan fingerprint density at radius 3 is 2.77 bits per heavy atom. The lowest BCUT2D eigenvalue weighted by Gasteiger charge is -2.23. The number of hydrogen-bond donors (Lipinski definition) is 1. The van der Waals surface area contributed by atoms with Crippen LogP contribution in [0, 0.1) is 6.92 Å². The molecule has 1 aromatic heterocycles. The first kappa shape index (κ1) is 15.1. The van der Waals surface area contributed by atoms with Crippen LogP contribution in [0.3, 0.4) is 0 Å². The van der Waals surface area contributed by atoms with Crippen molar-refractivity contribution in [3.63, 3.8) is 0 Å². The average molecular weight is 319 g/mol. The van der Waals surface area contributed by atoms with Crippen molar-refractivity contribution >= 4 is 17.5 Å². The molecule has 1 fully saturated rings. The number of carbonyl (C=O) groups excluding carboxylic acids is 1. The number of amides is 1. The Morgan fingerprint density at radius 2 is 2.14 bits per heavy atom. The largest absolute Gasteiger partial charge is 0.337 e. The molecule has 0 bridgehead atoms. The van der Waals surface area contributed by atoms with E-state index in [1.807, 2.05) is 43.1 Å².